The second-order valence-electron chi connectivity index (χ2n) is 0.743. The molecule has 0 aromatic rings. The minimum atomic E-state index is -0.120. The molecule has 0 atom stereocenters. The number of amides is 1. The molecular formula is C3H6NORb. The van der Waals surface area contributed by atoms with Crippen molar-refractivity contribution in [2.45, 2.75) is 6.92 Å². The van der Waals surface area contributed by atoms with Gasteiger partial charge in [-0.1, -0.05) is 0 Å². The molecule has 0 spiro atoms. The van der Waals surface area contributed by atoms with Gasteiger partial charge in [-0.2, -0.15) is 0 Å². The van der Waals surface area contributed by atoms with Gasteiger partial charge in [0.05, 0.1) is 0 Å². The van der Waals surface area contributed by atoms with E-state index in [1.807, 2.05) is 0 Å². The molecule has 0 aliphatic heterocycles. The third-order valence-electron chi connectivity index (χ3n) is 0.315. The van der Waals surface area contributed by atoms with Gasteiger partial charge >= 0.3 is 58.2 Å². The number of nitrogens with zero attached hydrogens (tertiary/aromatic N) is 1. The van der Waals surface area contributed by atoms with Crippen LogP contribution in [0.1, 0.15) is 6.92 Å². The molecule has 0 aromatic carbocycles. The van der Waals surface area contributed by atoms with E-state index in [1.165, 1.54) is 14.0 Å². The zero-order valence-corrected chi connectivity index (χ0v) is 9.27. The summed E-state index contributed by atoms with van der Waals surface area (Å²) in [5, 5.41) is 3.25. The average Bonchev–Trinajstić information content (AvgIpc) is 1.38. The topological polar surface area (TPSA) is 31.2 Å². The number of carbonyl (C=O) groups is 1. The minimum Gasteiger partial charge on any atom is -0.656 e. The molecule has 2 nitrogen and oxygen atoms in total. The zero-order valence-electron chi connectivity index (χ0n) is 4.36. The van der Waals surface area contributed by atoms with E-state index < -0.39 is 0 Å². The van der Waals surface area contributed by atoms with E-state index in [2.05, 4.69) is 5.32 Å². The standard InChI is InChI=1S/C3H7NO.Rb/c1-3(5)4-2;/h1-2H3,(H,4,5);/q;+1/p-1. The van der Waals surface area contributed by atoms with Gasteiger partial charge in [0, 0.05) is 5.91 Å². The average molecular weight is 158 g/mol. The van der Waals surface area contributed by atoms with E-state index >= 15 is 0 Å². The largest absolute Gasteiger partial charge is 1.00 e. The van der Waals surface area contributed by atoms with Gasteiger partial charge in [-0.05, 0) is 6.92 Å². The fourth-order valence-electron chi connectivity index (χ4n) is 0. The summed E-state index contributed by atoms with van der Waals surface area (Å²) in [5.41, 5.74) is 0. The van der Waals surface area contributed by atoms with Crippen molar-refractivity contribution in [3.8, 4) is 0 Å². The van der Waals surface area contributed by atoms with Crippen LogP contribution in [0.2, 0.25) is 0 Å². The van der Waals surface area contributed by atoms with Crippen molar-refractivity contribution < 1.29 is 63.0 Å². The molecule has 0 saturated carbocycles. The van der Waals surface area contributed by atoms with Crippen LogP contribution in [0.15, 0.2) is 0 Å². The van der Waals surface area contributed by atoms with E-state index in [-0.39, 0.29) is 64.1 Å². The molecule has 0 fully saturated rings. The second kappa shape index (κ2) is 6.28. The first-order valence-corrected chi connectivity index (χ1v) is 1.37. The Morgan fingerprint density at radius 2 is 1.83 bits per heavy atom. The Morgan fingerprint density at radius 1 is 1.67 bits per heavy atom. The fourth-order valence-corrected chi connectivity index (χ4v) is 0. The molecule has 0 aromatic heterocycles. The van der Waals surface area contributed by atoms with Crippen molar-refractivity contribution in [1.82, 2.24) is 0 Å². The van der Waals surface area contributed by atoms with E-state index in [4.69, 9.17) is 0 Å². The molecule has 0 unspecified atom stereocenters. The quantitative estimate of drug-likeness (QED) is 0.384. The summed E-state index contributed by atoms with van der Waals surface area (Å²) >= 11 is 0. The number of hydrogen-bond donors (Lipinski definition) is 0. The molecule has 6 heavy (non-hydrogen) atoms. The van der Waals surface area contributed by atoms with Crippen molar-refractivity contribution >= 4 is 5.91 Å². The van der Waals surface area contributed by atoms with Crippen LogP contribution in [-0.2, 0) is 4.79 Å². The normalized spacial score (nSPS) is 5.67. The van der Waals surface area contributed by atoms with Crippen LogP contribution in [0.4, 0.5) is 0 Å². The third-order valence-corrected chi connectivity index (χ3v) is 0.315. The first-order chi connectivity index (χ1) is 2.27. The van der Waals surface area contributed by atoms with Gasteiger partial charge in [0.1, 0.15) is 0 Å². The van der Waals surface area contributed by atoms with Crippen LogP contribution in [-0.4, -0.2) is 13.0 Å². The van der Waals surface area contributed by atoms with E-state index in [9.17, 15) is 4.79 Å². The molecule has 0 bridgehead atoms. The van der Waals surface area contributed by atoms with Gasteiger partial charge in [-0.25, -0.2) is 0 Å². The van der Waals surface area contributed by atoms with Crippen LogP contribution < -0.4 is 58.2 Å². The van der Waals surface area contributed by atoms with E-state index in [0.29, 0.717) is 0 Å². The number of carbonyl (C=O) groups excluding carboxylic acids is 1. The van der Waals surface area contributed by atoms with Gasteiger partial charge in [-0.3, -0.25) is 0 Å². The van der Waals surface area contributed by atoms with Crippen LogP contribution in [0.25, 0.3) is 5.32 Å². The van der Waals surface area contributed by atoms with Crippen molar-refractivity contribution in [3.05, 3.63) is 5.32 Å². The molecule has 30 valence electrons. The van der Waals surface area contributed by atoms with Crippen LogP contribution >= 0.6 is 0 Å². The van der Waals surface area contributed by atoms with Crippen molar-refractivity contribution in [2.24, 2.45) is 0 Å². The first kappa shape index (κ1) is 10.3. The number of hydrogen-bond acceptors (Lipinski definition) is 1. The fraction of sp³-hybridized carbons (Fsp3) is 0.667. The molecule has 0 heterocycles. The van der Waals surface area contributed by atoms with Crippen LogP contribution in [0.3, 0.4) is 0 Å². The van der Waals surface area contributed by atoms with Gasteiger partial charge in [-0.15, -0.1) is 7.05 Å². The Balaban J connectivity index is 0. The summed E-state index contributed by atoms with van der Waals surface area (Å²) in [6.07, 6.45) is 0. The molecule has 0 aliphatic carbocycles. The van der Waals surface area contributed by atoms with Gasteiger partial charge in [0.2, 0.25) is 0 Å². The Bertz CT molecular complexity index is 46.1. The Labute approximate surface area is 86.5 Å². The summed E-state index contributed by atoms with van der Waals surface area (Å²) in [6.45, 7) is 1.42. The van der Waals surface area contributed by atoms with E-state index in [0.717, 1.165) is 0 Å². The SMILES string of the molecule is C[N-]C(C)=O.[Rb+]. The molecule has 0 N–H and O–H groups in total. The maximum absolute atomic E-state index is 9.65. The summed E-state index contributed by atoms with van der Waals surface area (Å²) in [6, 6.07) is 0. The predicted octanol–water partition coefficient (Wildman–Crippen LogP) is -2.46. The molecule has 0 aliphatic rings. The zero-order chi connectivity index (χ0) is 4.28. The molecular weight excluding hydrogens is 152 g/mol. The maximum atomic E-state index is 9.65. The van der Waals surface area contributed by atoms with Crippen molar-refractivity contribution in [1.29, 1.82) is 0 Å². The van der Waals surface area contributed by atoms with Crippen LogP contribution in [0.5, 0.6) is 0 Å². The summed E-state index contributed by atoms with van der Waals surface area (Å²) in [5.74, 6) is -0.120. The summed E-state index contributed by atoms with van der Waals surface area (Å²) < 4.78 is 0. The second-order valence-corrected chi connectivity index (χ2v) is 0.743. The number of rotatable bonds is 0. The Morgan fingerprint density at radius 3 is 1.83 bits per heavy atom. The molecule has 0 rings (SSSR count). The van der Waals surface area contributed by atoms with Crippen LogP contribution in [0, 0.1) is 0 Å². The maximum Gasteiger partial charge on any atom is 1.00 e. The third kappa shape index (κ3) is 8.99. The molecule has 3 heteroatoms. The molecule has 1 amide bonds. The summed E-state index contributed by atoms with van der Waals surface area (Å²) in [4.78, 5) is 9.65. The Kier molecular flexibility index (Phi) is 10.8. The summed E-state index contributed by atoms with van der Waals surface area (Å²) in [7, 11) is 1.47. The van der Waals surface area contributed by atoms with Gasteiger partial charge in [0.15, 0.2) is 0 Å². The van der Waals surface area contributed by atoms with Crippen molar-refractivity contribution in [3.63, 3.8) is 0 Å². The monoisotopic (exact) mass is 157 g/mol. The van der Waals surface area contributed by atoms with Gasteiger partial charge < -0.3 is 10.1 Å². The molecule has 0 saturated heterocycles. The molecule has 0 radical (unpaired) electrons. The van der Waals surface area contributed by atoms with E-state index in [1.54, 1.807) is 0 Å². The smallest absolute Gasteiger partial charge is 0.656 e. The van der Waals surface area contributed by atoms with Crippen molar-refractivity contribution in [2.75, 3.05) is 7.05 Å². The van der Waals surface area contributed by atoms with Gasteiger partial charge in [0.25, 0.3) is 0 Å². The first-order valence-electron chi connectivity index (χ1n) is 1.37. The predicted molar refractivity (Wildman–Crippen MR) is 20.0 cm³/mol. The minimum absolute atomic E-state index is 0. The Hall–Kier alpha value is 1.28.